The Morgan fingerprint density at radius 3 is 2.73 bits per heavy atom. The maximum absolute atomic E-state index is 10.6. The molecule has 0 spiro atoms. The second-order valence-electron chi connectivity index (χ2n) is 3.24. The minimum atomic E-state index is -0.940. The van der Waals surface area contributed by atoms with Crippen molar-refractivity contribution < 1.29 is 15.0 Å². The lowest BCUT2D eigenvalue weighted by molar-refractivity contribution is -0.137. The lowest BCUT2D eigenvalue weighted by atomic mass is 9.95. The van der Waals surface area contributed by atoms with Gasteiger partial charge < -0.3 is 15.9 Å². The number of carbonyl (C=O) groups is 1. The van der Waals surface area contributed by atoms with Crippen LogP contribution in [-0.4, -0.2) is 22.7 Å². The van der Waals surface area contributed by atoms with Crippen molar-refractivity contribution in [3.63, 3.8) is 0 Å². The van der Waals surface area contributed by atoms with Gasteiger partial charge in [0.2, 0.25) is 0 Å². The number of rotatable bonds is 4. The number of carboxylic acids is 1. The Hall–Kier alpha value is -1.26. The van der Waals surface area contributed by atoms with E-state index in [1.165, 1.54) is 18.2 Å². The van der Waals surface area contributed by atoms with Gasteiger partial charge in [-0.15, -0.1) is 0 Å². The molecule has 0 aliphatic carbocycles. The molecule has 0 aromatic heterocycles. The Labute approximate surface area is 92.3 Å². The molecule has 0 heterocycles. The molecule has 4 nitrogen and oxygen atoms in total. The molecule has 1 aromatic rings. The van der Waals surface area contributed by atoms with E-state index in [9.17, 15) is 9.90 Å². The molecule has 0 amide bonds. The highest BCUT2D eigenvalue weighted by Gasteiger charge is 2.17. The molecule has 5 heteroatoms. The second-order valence-corrected chi connectivity index (χ2v) is 3.64. The largest absolute Gasteiger partial charge is 0.508 e. The number of benzene rings is 1. The van der Waals surface area contributed by atoms with Crippen LogP contribution < -0.4 is 5.73 Å². The van der Waals surface area contributed by atoms with Crippen LogP contribution in [0.2, 0.25) is 5.02 Å². The molecular formula is C10H12ClNO3. The normalized spacial score (nSPS) is 12.4. The summed E-state index contributed by atoms with van der Waals surface area (Å²) in [5, 5.41) is 18.4. The summed E-state index contributed by atoms with van der Waals surface area (Å²) in [4.78, 5) is 10.6. The summed E-state index contributed by atoms with van der Waals surface area (Å²) in [7, 11) is 0. The fourth-order valence-electron chi connectivity index (χ4n) is 1.38. The van der Waals surface area contributed by atoms with E-state index in [1.807, 2.05) is 0 Å². The van der Waals surface area contributed by atoms with Crippen LogP contribution in [0.3, 0.4) is 0 Å². The van der Waals surface area contributed by atoms with Crippen LogP contribution in [0, 0.1) is 0 Å². The first-order valence-corrected chi connectivity index (χ1v) is 4.82. The highest BCUT2D eigenvalue weighted by atomic mass is 35.5. The second kappa shape index (κ2) is 5.00. The van der Waals surface area contributed by atoms with E-state index >= 15 is 0 Å². The molecule has 82 valence electrons. The SMILES string of the molecule is NCC(CC(=O)O)c1cc(O)ccc1Cl. The predicted molar refractivity (Wildman–Crippen MR) is 57.2 cm³/mol. The molecule has 15 heavy (non-hydrogen) atoms. The number of hydrogen-bond acceptors (Lipinski definition) is 3. The number of aliphatic carboxylic acids is 1. The summed E-state index contributed by atoms with van der Waals surface area (Å²) < 4.78 is 0. The van der Waals surface area contributed by atoms with Crippen LogP contribution in [-0.2, 0) is 4.79 Å². The first-order valence-electron chi connectivity index (χ1n) is 4.45. The number of aromatic hydroxyl groups is 1. The van der Waals surface area contributed by atoms with Crippen LogP contribution in [0.15, 0.2) is 18.2 Å². The molecular weight excluding hydrogens is 218 g/mol. The highest BCUT2D eigenvalue weighted by molar-refractivity contribution is 6.31. The zero-order valence-corrected chi connectivity index (χ0v) is 8.74. The van der Waals surface area contributed by atoms with Gasteiger partial charge in [0.1, 0.15) is 5.75 Å². The fraction of sp³-hybridized carbons (Fsp3) is 0.300. The van der Waals surface area contributed by atoms with Crippen LogP contribution in [0.4, 0.5) is 0 Å². The average molecular weight is 230 g/mol. The zero-order chi connectivity index (χ0) is 11.4. The zero-order valence-electron chi connectivity index (χ0n) is 7.98. The highest BCUT2D eigenvalue weighted by Crippen LogP contribution is 2.29. The Morgan fingerprint density at radius 2 is 2.20 bits per heavy atom. The molecule has 1 unspecified atom stereocenters. The Kier molecular flexibility index (Phi) is 3.94. The van der Waals surface area contributed by atoms with E-state index < -0.39 is 5.97 Å². The molecule has 0 saturated carbocycles. The molecule has 4 N–H and O–H groups in total. The molecule has 0 bridgehead atoms. The van der Waals surface area contributed by atoms with Crippen molar-refractivity contribution in [2.45, 2.75) is 12.3 Å². The van der Waals surface area contributed by atoms with Gasteiger partial charge in [-0.3, -0.25) is 4.79 Å². The number of phenolic OH excluding ortho intramolecular Hbond substituents is 1. The van der Waals surface area contributed by atoms with Crippen LogP contribution in [0.1, 0.15) is 17.9 Å². The monoisotopic (exact) mass is 229 g/mol. The Balaban J connectivity index is 3.00. The van der Waals surface area contributed by atoms with Gasteiger partial charge in [-0.25, -0.2) is 0 Å². The topological polar surface area (TPSA) is 83.6 Å². The third-order valence-electron chi connectivity index (χ3n) is 2.12. The van der Waals surface area contributed by atoms with E-state index in [0.717, 1.165) is 0 Å². The van der Waals surface area contributed by atoms with Crippen LogP contribution in [0.25, 0.3) is 0 Å². The quantitative estimate of drug-likeness (QED) is 0.732. The van der Waals surface area contributed by atoms with E-state index in [1.54, 1.807) is 0 Å². The summed E-state index contributed by atoms with van der Waals surface area (Å²) in [5.74, 6) is -1.26. The van der Waals surface area contributed by atoms with E-state index in [2.05, 4.69) is 0 Å². The maximum atomic E-state index is 10.6. The van der Waals surface area contributed by atoms with E-state index in [-0.39, 0.29) is 24.6 Å². The summed E-state index contributed by atoms with van der Waals surface area (Å²) >= 11 is 5.89. The van der Waals surface area contributed by atoms with Crippen molar-refractivity contribution >= 4 is 17.6 Å². The van der Waals surface area contributed by atoms with Crippen molar-refractivity contribution in [3.05, 3.63) is 28.8 Å². The third-order valence-corrected chi connectivity index (χ3v) is 2.47. The van der Waals surface area contributed by atoms with Gasteiger partial charge >= 0.3 is 5.97 Å². The van der Waals surface area contributed by atoms with Gasteiger partial charge in [0.15, 0.2) is 0 Å². The van der Waals surface area contributed by atoms with Crippen LogP contribution in [0.5, 0.6) is 5.75 Å². The van der Waals surface area contributed by atoms with Crippen molar-refractivity contribution in [1.29, 1.82) is 0 Å². The Bertz CT molecular complexity index is 368. The van der Waals surface area contributed by atoms with Crippen molar-refractivity contribution in [2.75, 3.05) is 6.54 Å². The van der Waals surface area contributed by atoms with Crippen molar-refractivity contribution in [1.82, 2.24) is 0 Å². The predicted octanol–water partition coefficient (Wildman–Crippen LogP) is 1.56. The molecule has 1 atom stereocenters. The minimum absolute atomic E-state index is 0.0539. The molecule has 0 aliphatic rings. The molecule has 1 rings (SSSR count). The van der Waals surface area contributed by atoms with Gasteiger partial charge in [-0.05, 0) is 30.3 Å². The van der Waals surface area contributed by atoms with E-state index in [4.69, 9.17) is 22.4 Å². The van der Waals surface area contributed by atoms with Crippen molar-refractivity contribution in [2.24, 2.45) is 5.73 Å². The fourth-order valence-corrected chi connectivity index (χ4v) is 1.65. The molecule has 1 aromatic carbocycles. The van der Waals surface area contributed by atoms with Gasteiger partial charge in [0.05, 0.1) is 6.42 Å². The van der Waals surface area contributed by atoms with E-state index in [0.29, 0.717) is 10.6 Å². The molecule has 0 fully saturated rings. The summed E-state index contributed by atoms with van der Waals surface area (Å²) in [6.07, 6.45) is -0.0975. The molecule has 0 radical (unpaired) electrons. The van der Waals surface area contributed by atoms with Crippen LogP contribution >= 0.6 is 11.6 Å². The number of halogens is 1. The van der Waals surface area contributed by atoms with Gasteiger partial charge in [0.25, 0.3) is 0 Å². The molecule has 0 aliphatic heterocycles. The smallest absolute Gasteiger partial charge is 0.304 e. The number of carboxylic acid groups (broad SMARTS) is 1. The standard InChI is InChI=1S/C10H12ClNO3/c11-9-2-1-7(13)4-8(9)6(5-12)3-10(14)15/h1-2,4,6,13H,3,5,12H2,(H,14,15). The Morgan fingerprint density at radius 1 is 1.53 bits per heavy atom. The summed E-state index contributed by atoms with van der Waals surface area (Å²) in [5.41, 5.74) is 6.04. The minimum Gasteiger partial charge on any atom is -0.508 e. The van der Waals surface area contributed by atoms with Gasteiger partial charge in [-0.2, -0.15) is 0 Å². The van der Waals surface area contributed by atoms with Gasteiger partial charge in [0, 0.05) is 10.9 Å². The van der Waals surface area contributed by atoms with Gasteiger partial charge in [-0.1, -0.05) is 11.6 Å². The number of nitrogens with two attached hydrogens (primary N) is 1. The lowest BCUT2D eigenvalue weighted by Gasteiger charge is -2.14. The average Bonchev–Trinajstić information content (AvgIpc) is 2.18. The van der Waals surface area contributed by atoms with Crippen molar-refractivity contribution in [3.8, 4) is 5.75 Å². The summed E-state index contributed by atoms with van der Waals surface area (Å²) in [6.45, 7) is 0.176. The molecule has 0 saturated heterocycles. The number of phenols is 1. The third kappa shape index (κ3) is 3.11. The first kappa shape index (κ1) is 11.8. The first-order chi connectivity index (χ1) is 7.04. The lowest BCUT2D eigenvalue weighted by Crippen LogP contribution is -2.16. The maximum Gasteiger partial charge on any atom is 0.304 e. The number of hydrogen-bond donors (Lipinski definition) is 3. The summed E-state index contributed by atoms with van der Waals surface area (Å²) in [6, 6.07) is 4.42.